The number of aromatic nitrogens is 1. The van der Waals surface area contributed by atoms with Crippen molar-refractivity contribution < 1.29 is 9.47 Å². The third-order valence-corrected chi connectivity index (χ3v) is 4.11. The number of benzene rings is 2. The Morgan fingerprint density at radius 2 is 1.52 bits per heavy atom. The lowest BCUT2D eigenvalue weighted by Crippen LogP contribution is -2.08. The van der Waals surface area contributed by atoms with Gasteiger partial charge in [-0.2, -0.15) is 0 Å². The number of thiazole rings is 1. The number of nitrogens with two attached hydrogens (primary N) is 1. The van der Waals surface area contributed by atoms with Crippen LogP contribution in [0.3, 0.4) is 0 Å². The summed E-state index contributed by atoms with van der Waals surface area (Å²) in [5, 5.41) is 2.96. The van der Waals surface area contributed by atoms with Gasteiger partial charge in [0.2, 0.25) is 0 Å². The van der Waals surface area contributed by atoms with E-state index in [9.17, 15) is 0 Å². The first-order valence-corrected chi connectivity index (χ1v) is 8.28. The normalized spacial score (nSPS) is 10.5. The van der Waals surface area contributed by atoms with Crippen LogP contribution in [-0.2, 0) is 6.54 Å². The molecule has 0 saturated carbocycles. The Morgan fingerprint density at radius 3 is 2.13 bits per heavy atom. The summed E-state index contributed by atoms with van der Waals surface area (Å²) in [5.74, 6) is 1.67. The maximum Gasteiger partial charge on any atom is 0.122 e. The van der Waals surface area contributed by atoms with Gasteiger partial charge in [0, 0.05) is 17.5 Å². The summed E-state index contributed by atoms with van der Waals surface area (Å²) in [6, 6.07) is 17.6. The fourth-order valence-corrected chi connectivity index (χ4v) is 2.78. The average molecular weight is 326 g/mol. The maximum atomic E-state index is 5.68. The zero-order valence-electron chi connectivity index (χ0n) is 12.6. The molecule has 0 radical (unpaired) electrons. The largest absolute Gasteiger partial charge is 0.490 e. The van der Waals surface area contributed by atoms with Crippen molar-refractivity contribution in [3.05, 3.63) is 65.0 Å². The van der Waals surface area contributed by atoms with Crippen molar-refractivity contribution in [2.75, 3.05) is 13.2 Å². The summed E-state index contributed by atoms with van der Waals surface area (Å²) >= 11 is 1.58. The molecule has 118 valence electrons. The van der Waals surface area contributed by atoms with Gasteiger partial charge in [-0.05, 0) is 36.4 Å². The van der Waals surface area contributed by atoms with E-state index in [1.165, 1.54) is 0 Å². The lowest BCUT2D eigenvalue weighted by atomic mass is 10.2. The molecule has 0 aliphatic rings. The van der Waals surface area contributed by atoms with Crippen molar-refractivity contribution in [2.24, 2.45) is 5.73 Å². The van der Waals surface area contributed by atoms with E-state index in [1.54, 1.807) is 11.3 Å². The number of para-hydroxylation sites is 1. The highest BCUT2D eigenvalue weighted by Crippen LogP contribution is 2.24. The molecular formula is C18H18N2O2S. The van der Waals surface area contributed by atoms with E-state index in [-0.39, 0.29) is 0 Å². The quantitative estimate of drug-likeness (QED) is 0.672. The van der Waals surface area contributed by atoms with Crippen molar-refractivity contribution in [3.8, 4) is 22.8 Å². The van der Waals surface area contributed by atoms with E-state index in [2.05, 4.69) is 4.98 Å². The predicted molar refractivity (Wildman–Crippen MR) is 92.9 cm³/mol. The first-order chi connectivity index (χ1) is 11.3. The molecular weight excluding hydrogens is 308 g/mol. The maximum absolute atomic E-state index is 5.68. The second kappa shape index (κ2) is 7.76. The van der Waals surface area contributed by atoms with E-state index in [1.807, 2.05) is 60.0 Å². The topological polar surface area (TPSA) is 57.4 Å². The monoisotopic (exact) mass is 326 g/mol. The van der Waals surface area contributed by atoms with Crippen molar-refractivity contribution >= 4 is 11.3 Å². The number of nitrogens with zero attached hydrogens (tertiary/aromatic N) is 1. The van der Waals surface area contributed by atoms with E-state index in [0.717, 1.165) is 27.8 Å². The molecule has 0 atom stereocenters. The highest BCUT2D eigenvalue weighted by Gasteiger charge is 2.04. The molecule has 1 aromatic heterocycles. The van der Waals surface area contributed by atoms with Crippen LogP contribution in [0.2, 0.25) is 0 Å². The van der Waals surface area contributed by atoms with Gasteiger partial charge in [-0.25, -0.2) is 4.98 Å². The summed E-state index contributed by atoms with van der Waals surface area (Å²) in [6.45, 7) is 1.49. The summed E-state index contributed by atoms with van der Waals surface area (Å²) in [6.07, 6.45) is 0. The fraction of sp³-hybridized carbons (Fsp3) is 0.167. The van der Waals surface area contributed by atoms with Crippen molar-refractivity contribution in [2.45, 2.75) is 6.54 Å². The lowest BCUT2D eigenvalue weighted by Gasteiger charge is -2.08. The van der Waals surface area contributed by atoms with Crippen LogP contribution in [0.1, 0.15) is 5.01 Å². The van der Waals surface area contributed by atoms with Gasteiger partial charge in [-0.15, -0.1) is 11.3 Å². The van der Waals surface area contributed by atoms with Crippen LogP contribution in [0, 0.1) is 0 Å². The Hall–Kier alpha value is -2.37. The molecule has 5 heteroatoms. The fourth-order valence-electron chi connectivity index (χ4n) is 2.09. The zero-order chi connectivity index (χ0) is 15.9. The Kier molecular flexibility index (Phi) is 5.24. The third-order valence-electron chi connectivity index (χ3n) is 3.24. The van der Waals surface area contributed by atoms with Gasteiger partial charge in [-0.1, -0.05) is 18.2 Å². The second-order valence-corrected chi connectivity index (χ2v) is 5.81. The molecule has 0 fully saturated rings. The summed E-state index contributed by atoms with van der Waals surface area (Å²) in [7, 11) is 0. The van der Waals surface area contributed by atoms with Crippen molar-refractivity contribution in [1.82, 2.24) is 4.98 Å². The molecule has 3 aromatic rings. The van der Waals surface area contributed by atoms with Crippen LogP contribution in [0.25, 0.3) is 11.3 Å². The molecule has 2 aromatic carbocycles. The Morgan fingerprint density at radius 1 is 0.870 bits per heavy atom. The highest BCUT2D eigenvalue weighted by atomic mass is 32.1. The minimum Gasteiger partial charge on any atom is -0.490 e. The van der Waals surface area contributed by atoms with Gasteiger partial charge in [-0.3, -0.25) is 0 Å². The number of hydrogen-bond donors (Lipinski definition) is 1. The SMILES string of the molecule is NCc1nc(-c2ccc(OCCOc3ccccc3)cc2)cs1. The molecule has 0 bridgehead atoms. The van der Waals surface area contributed by atoms with Crippen molar-refractivity contribution in [3.63, 3.8) is 0 Å². The van der Waals surface area contributed by atoms with Crippen LogP contribution in [0.4, 0.5) is 0 Å². The Bertz CT molecular complexity index is 726. The zero-order valence-corrected chi connectivity index (χ0v) is 13.5. The summed E-state index contributed by atoms with van der Waals surface area (Å²) in [5.41, 5.74) is 7.61. The smallest absolute Gasteiger partial charge is 0.122 e. The first-order valence-electron chi connectivity index (χ1n) is 7.41. The standard InChI is InChI=1S/C18H18N2O2S/c19-12-18-20-17(13-23-18)14-6-8-16(9-7-14)22-11-10-21-15-4-2-1-3-5-15/h1-9,13H,10-12,19H2. The van der Waals surface area contributed by atoms with Gasteiger partial charge in [0.25, 0.3) is 0 Å². The molecule has 4 nitrogen and oxygen atoms in total. The number of rotatable bonds is 7. The molecule has 0 aliphatic heterocycles. The second-order valence-electron chi connectivity index (χ2n) is 4.86. The molecule has 1 heterocycles. The molecule has 0 aliphatic carbocycles. The molecule has 0 spiro atoms. The predicted octanol–water partition coefficient (Wildman–Crippen LogP) is 3.73. The van der Waals surface area contributed by atoms with Crippen LogP contribution in [0.15, 0.2) is 60.0 Å². The summed E-state index contributed by atoms with van der Waals surface area (Å²) in [4.78, 5) is 4.47. The van der Waals surface area contributed by atoms with Gasteiger partial charge < -0.3 is 15.2 Å². The summed E-state index contributed by atoms with van der Waals surface area (Å²) < 4.78 is 11.3. The lowest BCUT2D eigenvalue weighted by molar-refractivity contribution is 0.217. The molecule has 23 heavy (non-hydrogen) atoms. The van der Waals surface area contributed by atoms with Crippen LogP contribution >= 0.6 is 11.3 Å². The van der Waals surface area contributed by atoms with E-state index < -0.39 is 0 Å². The first kappa shape index (κ1) is 15.5. The van der Waals surface area contributed by atoms with Crippen LogP contribution in [-0.4, -0.2) is 18.2 Å². The average Bonchev–Trinajstić information content (AvgIpc) is 3.09. The van der Waals surface area contributed by atoms with E-state index in [0.29, 0.717) is 19.8 Å². The molecule has 3 rings (SSSR count). The highest BCUT2D eigenvalue weighted by molar-refractivity contribution is 7.09. The van der Waals surface area contributed by atoms with Crippen LogP contribution < -0.4 is 15.2 Å². The van der Waals surface area contributed by atoms with Gasteiger partial charge in [0.15, 0.2) is 0 Å². The number of hydrogen-bond acceptors (Lipinski definition) is 5. The van der Waals surface area contributed by atoms with Crippen molar-refractivity contribution in [1.29, 1.82) is 0 Å². The molecule has 0 saturated heterocycles. The van der Waals surface area contributed by atoms with Gasteiger partial charge >= 0.3 is 0 Å². The number of ether oxygens (including phenoxy) is 2. The molecule has 0 amide bonds. The molecule has 0 unspecified atom stereocenters. The Labute approximate surface area is 139 Å². The third kappa shape index (κ3) is 4.31. The minimum atomic E-state index is 0.479. The Balaban J connectivity index is 1.49. The van der Waals surface area contributed by atoms with Gasteiger partial charge in [0.1, 0.15) is 29.7 Å². The van der Waals surface area contributed by atoms with Crippen LogP contribution in [0.5, 0.6) is 11.5 Å². The van der Waals surface area contributed by atoms with E-state index >= 15 is 0 Å². The minimum absolute atomic E-state index is 0.479. The molecule has 2 N–H and O–H groups in total. The van der Waals surface area contributed by atoms with E-state index in [4.69, 9.17) is 15.2 Å². The van der Waals surface area contributed by atoms with Gasteiger partial charge in [0.05, 0.1) is 5.69 Å².